The van der Waals surface area contributed by atoms with Crippen LogP contribution in [0.5, 0.6) is 5.75 Å². The lowest BCUT2D eigenvalue weighted by molar-refractivity contribution is 0.0858. The summed E-state index contributed by atoms with van der Waals surface area (Å²) in [6.45, 7) is 1.37. The first-order valence-corrected chi connectivity index (χ1v) is 10.6. The fraction of sp³-hybridized carbons (Fsp3) is 0.350. The van der Waals surface area contributed by atoms with Crippen LogP contribution in [0.3, 0.4) is 0 Å². The average molecular weight is 404 g/mol. The highest BCUT2D eigenvalue weighted by Crippen LogP contribution is 2.17. The highest BCUT2D eigenvalue weighted by Gasteiger charge is 2.17. The summed E-state index contributed by atoms with van der Waals surface area (Å²) in [6, 6.07) is 13.1. The molecule has 3 rings (SSSR count). The SMILES string of the molecule is COc1cccc(S(=O)(=O)NCc2ccc(C(=O)NC[C@H]3CCCO3)cc2)c1. The third-order valence-corrected chi connectivity index (χ3v) is 5.95. The van der Waals surface area contributed by atoms with Gasteiger partial charge in [0, 0.05) is 31.3 Å². The van der Waals surface area contributed by atoms with Crippen molar-refractivity contribution < 1.29 is 22.7 Å². The number of hydrogen-bond acceptors (Lipinski definition) is 5. The topological polar surface area (TPSA) is 93.7 Å². The molecule has 1 aliphatic rings. The Kier molecular flexibility index (Phi) is 6.66. The van der Waals surface area contributed by atoms with Crippen molar-refractivity contribution in [3.63, 3.8) is 0 Å². The lowest BCUT2D eigenvalue weighted by Gasteiger charge is -2.11. The maximum absolute atomic E-state index is 12.4. The second-order valence-electron chi connectivity index (χ2n) is 6.55. The van der Waals surface area contributed by atoms with Gasteiger partial charge >= 0.3 is 0 Å². The number of carbonyl (C=O) groups is 1. The van der Waals surface area contributed by atoms with Crippen LogP contribution in [0.1, 0.15) is 28.8 Å². The van der Waals surface area contributed by atoms with E-state index in [2.05, 4.69) is 10.0 Å². The van der Waals surface area contributed by atoms with E-state index in [1.165, 1.54) is 19.2 Å². The van der Waals surface area contributed by atoms with Gasteiger partial charge in [-0.05, 0) is 42.7 Å². The lowest BCUT2D eigenvalue weighted by Crippen LogP contribution is -2.31. The summed E-state index contributed by atoms with van der Waals surface area (Å²) in [7, 11) is -2.18. The first-order valence-electron chi connectivity index (χ1n) is 9.10. The van der Waals surface area contributed by atoms with Crippen molar-refractivity contribution in [2.75, 3.05) is 20.3 Å². The molecule has 1 heterocycles. The van der Waals surface area contributed by atoms with Crippen molar-refractivity contribution >= 4 is 15.9 Å². The van der Waals surface area contributed by atoms with Gasteiger partial charge in [-0.3, -0.25) is 4.79 Å². The number of rotatable bonds is 8. The average Bonchev–Trinajstić information content (AvgIpc) is 3.24. The quantitative estimate of drug-likeness (QED) is 0.703. The summed E-state index contributed by atoms with van der Waals surface area (Å²) >= 11 is 0. The first kappa shape index (κ1) is 20.3. The standard InChI is InChI=1S/C20H24N2O5S/c1-26-17-4-2-6-19(12-17)28(24,25)22-13-15-7-9-16(10-8-15)20(23)21-14-18-5-3-11-27-18/h2,4,6-10,12,18,22H,3,5,11,13-14H2,1H3,(H,21,23)/t18-/m1/s1. The largest absolute Gasteiger partial charge is 0.497 e. The molecule has 0 saturated carbocycles. The summed E-state index contributed by atoms with van der Waals surface area (Å²) in [5.41, 5.74) is 1.28. The molecule has 0 unspecified atom stereocenters. The zero-order valence-corrected chi connectivity index (χ0v) is 16.5. The van der Waals surface area contributed by atoms with E-state index in [1.807, 2.05) is 0 Å². The van der Waals surface area contributed by atoms with Gasteiger partial charge in [-0.15, -0.1) is 0 Å². The van der Waals surface area contributed by atoms with Crippen LogP contribution in [-0.4, -0.2) is 40.7 Å². The van der Waals surface area contributed by atoms with Crippen molar-refractivity contribution in [1.82, 2.24) is 10.0 Å². The van der Waals surface area contributed by atoms with E-state index < -0.39 is 10.0 Å². The van der Waals surface area contributed by atoms with Crippen LogP contribution in [0, 0.1) is 0 Å². The van der Waals surface area contributed by atoms with Crippen LogP contribution >= 0.6 is 0 Å². The molecule has 1 atom stereocenters. The summed E-state index contributed by atoms with van der Waals surface area (Å²) in [5.74, 6) is 0.306. The van der Waals surface area contributed by atoms with E-state index in [-0.39, 0.29) is 23.5 Å². The lowest BCUT2D eigenvalue weighted by atomic mass is 10.1. The normalized spacial score (nSPS) is 16.7. The third kappa shape index (κ3) is 5.31. The minimum Gasteiger partial charge on any atom is -0.497 e. The van der Waals surface area contributed by atoms with Crippen LogP contribution in [-0.2, 0) is 21.3 Å². The molecule has 0 aliphatic carbocycles. The van der Waals surface area contributed by atoms with E-state index in [4.69, 9.17) is 9.47 Å². The van der Waals surface area contributed by atoms with Crippen molar-refractivity contribution in [1.29, 1.82) is 0 Å². The number of benzene rings is 2. The van der Waals surface area contributed by atoms with Crippen molar-refractivity contribution in [3.8, 4) is 5.75 Å². The van der Waals surface area contributed by atoms with Gasteiger partial charge in [0.25, 0.3) is 5.91 Å². The Bertz CT molecular complexity index is 906. The summed E-state index contributed by atoms with van der Waals surface area (Å²) in [5, 5.41) is 2.86. The Morgan fingerprint density at radius 2 is 2.00 bits per heavy atom. The molecule has 1 aliphatic heterocycles. The van der Waals surface area contributed by atoms with Crippen LogP contribution in [0.25, 0.3) is 0 Å². The van der Waals surface area contributed by atoms with Crippen LogP contribution in [0.15, 0.2) is 53.4 Å². The molecule has 1 amide bonds. The number of hydrogen-bond donors (Lipinski definition) is 2. The molecule has 0 aromatic heterocycles. The molecule has 2 aromatic carbocycles. The van der Waals surface area contributed by atoms with Gasteiger partial charge < -0.3 is 14.8 Å². The Balaban J connectivity index is 1.55. The number of methoxy groups -OCH3 is 1. The summed E-state index contributed by atoms with van der Waals surface area (Å²) in [6.07, 6.45) is 2.09. The van der Waals surface area contributed by atoms with Crippen LogP contribution in [0.2, 0.25) is 0 Å². The molecule has 150 valence electrons. The Hall–Kier alpha value is -2.42. The number of amides is 1. The zero-order chi connectivity index (χ0) is 20.0. The van der Waals surface area contributed by atoms with E-state index >= 15 is 0 Å². The Morgan fingerprint density at radius 1 is 1.21 bits per heavy atom. The van der Waals surface area contributed by atoms with Crippen molar-refractivity contribution in [2.45, 2.75) is 30.4 Å². The molecule has 0 bridgehead atoms. The number of nitrogens with one attached hydrogen (secondary N) is 2. The molecule has 2 N–H and O–H groups in total. The predicted molar refractivity (Wildman–Crippen MR) is 105 cm³/mol. The molecule has 1 saturated heterocycles. The van der Waals surface area contributed by atoms with Gasteiger partial charge in [0.15, 0.2) is 0 Å². The molecular formula is C20H24N2O5S. The van der Waals surface area contributed by atoms with Crippen LogP contribution in [0.4, 0.5) is 0 Å². The molecule has 0 radical (unpaired) electrons. The van der Waals surface area contributed by atoms with E-state index in [0.29, 0.717) is 17.9 Å². The van der Waals surface area contributed by atoms with Gasteiger partial charge in [-0.1, -0.05) is 18.2 Å². The maximum atomic E-state index is 12.4. The van der Waals surface area contributed by atoms with Gasteiger partial charge in [-0.2, -0.15) is 0 Å². The number of carbonyl (C=O) groups excluding carboxylic acids is 1. The maximum Gasteiger partial charge on any atom is 0.251 e. The monoisotopic (exact) mass is 404 g/mol. The molecule has 2 aromatic rings. The molecule has 8 heteroatoms. The minimum absolute atomic E-state index is 0.0919. The van der Waals surface area contributed by atoms with Crippen LogP contribution < -0.4 is 14.8 Å². The molecular weight excluding hydrogens is 380 g/mol. The second kappa shape index (κ2) is 9.18. The van der Waals surface area contributed by atoms with E-state index in [0.717, 1.165) is 25.0 Å². The second-order valence-corrected chi connectivity index (χ2v) is 8.31. The number of sulfonamides is 1. The van der Waals surface area contributed by atoms with E-state index in [1.54, 1.807) is 36.4 Å². The first-order chi connectivity index (χ1) is 13.5. The molecule has 7 nitrogen and oxygen atoms in total. The Morgan fingerprint density at radius 3 is 2.68 bits per heavy atom. The minimum atomic E-state index is -3.66. The Labute approximate surface area is 165 Å². The van der Waals surface area contributed by atoms with Crippen molar-refractivity contribution in [3.05, 3.63) is 59.7 Å². The molecule has 0 spiro atoms. The van der Waals surface area contributed by atoms with E-state index in [9.17, 15) is 13.2 Å². The zero-order valence-electron chi connectivity index (χ0n) is 15.7. The fourth-order valence-electron chi connectivity index (χ4n) is 2.92. The van der Waals surface area contributed by atoms with Gasteiger partial charge in [0.2, 0.25) is 10.0 Å². The predicted octanol–water partition coefficient (Wildman–Crippen LogP) is 2.08. The van der Waals surface area contributed by atoms with Crippen molar-refractivity contribution in [2.24, 2.45) is 0 Å². The van der Waals surface area contributed by atoms with Gasteiger partial charge in [-0.25, -0.2) is 13.1 Å². The highest BCUT2D eigenvalue weighted by molar-refractivity contribution is 7.89. The highest BCUT2D eigenvalue weighted by atomic mass is 32.2. The summed E-state index contributed by atoms with van der Waals surface area (Å²) < 4.78 is 37.9. The fourth-order valence-corrected chi connectivity index (χ4v) is 3.97. The molecule has 1 fully saturated rings. The smallest absolute Gasteiger partial charge is 0.251 e. The summed E-state index contributed by atoms with van der Waals surface area (Å²) in [4.78, 5) is 12.3. The number of ether oxygens (including phenoxy) is 2. The van der Waals surface area contributed by atoms with Gasteiger partial charge in [0.05, 0.1) is 18.1 Å². The third-order valence-electron chi connectivity index (χ3n) is 4.55. The van der Waals surface area contributed by atoms with Gasteiger partial charge in [0.1, 0.15) is 5.75 Å². The molecule has 28 heavy (non-hydrogen) atoms.